The van der Waals surface area contributed by atoms with Crippen molar-refractivity contribution in [3.8, 4) is 0 Å². The highest BCUT2D eigenvalue weighted by Gasteiger charge is 2.32. The van der Waals surface area contributed by atoms with Crippen LogP contribution in [0.4, 0.5) is 0 Å². The Balaban J connectivity index is 2.69. The van der Waals surface area contributed by atoms with Gasteiger partial charge in [-0.2, -0.15) is 0 Å². The summed E-state index contributed by atoms with van der Waals surface area (Å²) in [7, 11) is -2.92. The minimum absolute atomic E-state index is 0.00907. The molecule has 70 valence electrons. The van der Waals surface area contributed by atoms with Crippen LogP contribution in [0.5, 0.6) is 0 Å². The molecule has 0 amide bonds. The molecule has 1 rings (SSSR count). The van der Waals surface area contributed by atoms with E-state index >= 15 is 0 Å². The van der Waals surface area contributed by atoms with Crippen LogP contribution < -0.4 is 0 Å². The molecule has 1 saturated heterocycles. The van der Waals surface area contributed by atoms with Gasteiger partial charge in [-0.05, 0) is 19.3 Å². The highest BCUT2D eigenvalue weighted by molar-refractivity contribution is 7.92. The molecule has 0 bridgehead atoms. The lowest BCUT2D eigenvalue weighted by atomic mass is 10.1. The van der Waals surface area contributed by atoms with Crippen molar-refractivity contribution < 1.29 is 13.5 Å². The summed E-state index contributed by atoms with van der Waals surface area (Å²) in [5, 5.41) is 8.23. The van der Waals surface area contributed by atoms with Crippen molar-refractivity contribution in [3.63, 3.8) is 0 Å². The van der Waals surface area contributed by atoms with Gasteiger partial charge in [-0.3, -0.25) is 0 Å². The van der Waals surface area contributed by atoms with E-state index in [1.807, 2.05) is 0 Å². The standard InChI is InChI=1S/C8H14O3S/c1-7(4-5-9)8-3-2-6-12(8,10)11/h8-9H,1-6H2. The maximum Gasteiger partial charge on any atom is 0.156 e. The molecule has 1 heterocycles. The normalized spacial score (nSPS) is 27.2. The lowest BCUT2D eigenvalue weighted by Crippen LogP contribution is -2.18. The van der Waals surface area contributed by atoms with Gasteiger partial charge >= 0.3 is 0 Å². The molecule has 1 N–H and O–H groups in total. The molecule has 4 heteroatoms. The topological polar surface area (TPSA) is 54.4 Å². The average molecular weight is 190 g/mol. The fraction of sp³-hybridized carbons (Fsp3) is 0.750. The molecule has 0 radical (unpaired) electrons. The summed E-state index contributed by atoms with van der Waals surface area (Å²) in [4.78, 5) is 0. The summed E-state index contributed by atoms with van der Waals surface area (Å²) in [5.41, 5.74) is 0.662. The Morgan fingerprint density at radius 3 is 2.67 bits per heavy atom. The van der Waals surface area contributed by atoms with Crippen LogP contribution in [0, 0.1) is 0 Å². The summed E-state index contributed by atoms with van der Waals surface area (Å²) in [6.07, 6.45) is 1.82. The largest absolute Gasteiger partial charge is 0.396 e. The number of aliphatic hydroxyl groups is 1. The predicted molar refractivity (Wildman–Crippen MR) is 47.7 cm³/mol. The van der Waals surface area contributed by atoms with Crippen LogP contribution in [0.3, 0.4) is 0 Å². The molecule has 0 saturated carbocycles. The van der Waals surface area contributed by atoms with Crippen LogP contribution in [0.25, 0.3) is 0 Å². The zero-order chi connectivity index (χ0) is 9.19. The average Bonchev–Trinajstić information content (AvgIpc) is 2.30. The Kier molecular flexibility index (Phi) is 2.90. The van der Waals surface area contributed by atoms with E-state index in [0.29, 0.717) is 18.4 Å². The fourth-order valence-electron chi connectivity index (χ4n) is 1.55. The molecule has 0 aromatic heterocycles. The monoisotopic (exact) mass is 190 g/mol. The second kappa shape index (κ2) is 3.58. The van der Waals surface area contributed by atoms with Gasteiger partial charge in [0.1, 0.15) is 0 Å². The number of sulfone groups is 1. The van der Waals surface area contributed by atoms with Crippen LogP contribution in [0.1, 0.15) is 19.3 Å². The first-order valence-corrected chi connectivity index (χ1v) is 5.79. The van der Waals surface area contributed by atoms with Gasteiger partial charge in [-0.1, -0.05) is 12.2 Å². The number of rotatable bonds is 3. The minimum atomic E-state index is -2.92. The molecule has 0 aromatic carbocycles. The quantitative estimate of drug-likeness (QED) is 0.659. The van der Waals surface area contributed by atoms with Crippen LogP contribution in [-0.4, -0.2) is 31.1 Å². The zero-order valence-corrected chi connectivity index (χ0v) is 7.81. The molecule has 12 heavy (non-hydrogen) atoms. The maximum atomic E-state index is 11.3. The third kappa shape index (κ3) is 1.87. The predicted octanol–water partition coefficient (Wildman–Crippen LogP) is 0.502. The number of hydrogen-bond donors (Lipinski definition) is 1. The second-order valence-electron chi connectivity index (χ2n) is 3.13. The van der Waals surface area contributed by atoms with E-state index < -0.39 is 9.84 Å². The Labute approximate surface area is 73.0 Å². The highest BCUT2D eigenvalue weighted by atomic mass is 32.2. The molecule has 0 spiro atoms. The Morgan fingerprint density at radius 2 is 2.25 bits per heavy atom. The van der Waals surface area contributed by atoms with E-state index in [1.165, 1.54) is 0 Å². The SMILES string of the molecule is C=C(CCO)C1CCCS1(=O)=O. The number of hydrogen-bond acceptors (Lipinski definition) is 3. The molecule has 0 aliphatic carbocycles. The molecule has 3 nitrogen and oxygen atoms in total. The van der Waals surface area contributed by atoms with Crippen molar-refractivity contribution >= 4 is 9.84 Å². The van der Waals surface area contributed by atoms with Crippen LogP contribution in [0.2, 0.25) is 0 Å². The molecular formula is C8H14O3S. The first-order valence-electron chi connectivity index (χ1n) is 4.08. The van der Waals surface area contributed by atoms with Crippen molar-refractivity contribution in [3.05, 3.63) is 12.2 Å². The van der Waals surface area contributed by atoms with Gasteiger partial charge in [0.15, 0.2) is 9.84 Å². The third-order valence-electron chi connectivity index (χ3n) is 2.22. The Morgan fingerprint density at radius 1 is 1.58 bits per heavy atom. The van der Waals surface area contributed by atoms with Gasteiger partial charge in [0.2, 0.25) is 0 Å². The van der Waals surface area contributed by atoms with Crippen molar-refractivity contribution in [2.45, 2.75) is 24.5 Å². The fourth-order valence-corrected chi connectivity index (χ4v) is 3.56. The minimum Gasteiger partial charge on any atom is -0.396 e. The van der Waals surface area contributed by atoms with Gasteiger partial charge in [0.05, 0.1) is 11.0 Å². The van der Waals surface area contributed by atoms with E-state index in [-0.39, 0.29) is 17.6 Å². The molecule has 0 aromatic rings. The van der Waals surface area contributed by atoms with E-state index in [1.54, 1.807) is 0 Å². The summed E-state index contributed by atoms with van der Waals surface area (Å²) >= 11 is 0. The lowest BCUT2D eigenvalue weighted by molar-refractivity contribution is 0.298. The number of aliphatic hydroxyl groups excluding tert-OH is 1. The molecule has 1 atom stereocenters. The van der Waals surface area contributed by atoms with E-state index in [4.69, 9.17) is 5.11 Å². The molecule has 1 aliphatic heterocycles. The molecular weight excluding hydrogens is 176 g/mol. The van der Waals surface area contributed by atoms with Gasteiger partial charge < -0.3 is 5.11 Å². The van der Waals surface area contributed by atoms with E-state index in [2.05, 4.69) is 6.58 Å². The van der Waals surface area contributed by atoms with Gasteiger partial charge in [-0.15, -0.1) is 0 Å². The molecule has 1 unspecified atom stereocenters. The van der Waals surface area contributed by atoms with Crippen molar-refractivity contribution in [2.75, 3.05) is 12.4 Å². The first kappa shape index (κ1) is 9.74. The smallest absolute Gasteiger partial charge is 0.156 e. The van der Waals surface area contributed by atoms with Crippen LogP contribution in [0.15, 0.2) is 12.2 Å². The lowest BCUT2D eigenvalue weighted by Gasteiger charge is -2.10. The summed E-state index contributed by atoms with van der Waals surface area (Å²) in [6.45, 7) is 3.67. The molecule has 1 fully saturated rings. The maximum absolute atomic E-state index is 11.3. The van der Waals surface area contributed by atoms with E-state index in [0.717, 1.165) is 6.42 Å². The van der Waals surface area contributed by atoms with Gasteiger partial charge in [0, 0.05) is 6.61 Å². The molecule has 1 aliphatic rings. The van der Waals surface area contributed by atoms with E-state index in [9.17, 15) is 8.42 Å². The van der Waals surface area contributed by atoms with Crippen LogP contribution in [-0.2, 0) is 9.84 Å². The summed E-state index contributed by atoms with van der Waals surface area (Å²) in [6, 6.07) is 0. The first-order chi connectivity index (χ1) is 5.58. The van der Waals surface area contributed by atoms with Crippen molar-refractivity contribution in [2.24, 2.45) is 0 Å². The Hall–Kier alpha value is -0.350. The highest BCUT2D eigenvalue weighted by Crippen LogP contribution is 2.26. The third-order valence-corrected chi connectivity index (χ3v) is 4.51. The second-order valence-corrected chi connectivity index (χ2v) is 5.43. The van der Waals surface area contributed by atoms with Crippen molar-refractivity contribution in [1.82, 2.24) is 0 Å². The van der Waals surface area contributed by atoms with Crippen molar-refractivity contribution in [1.29, 1.82) is 0 Å². The summed E-state index contributed by atoms with van der Waals surface area (Å²) < 4.78 is 22.7. The zero-order valence-electron chi connectivity index (χ0n) is 6.99. The van der Waals surface area contributed by atoms with Crippen LogP contribution >= 0.6 is 0 Å². The summed E-state index contributed by atoms with van der Waals surface area (Å²) in [5.74, 6) is 0.280. The van der Waals surface area contributed by atoms with Gasteiger partial charge in [-0.25, -0.2) is 8.42 Å². The Bertz CT molecular complexity index is 266. The van der Waals surface area contributed by atoms with Gasteiger partial charge in [0.25, 0.3) is 0 Å².